The molecule has 2 rings (SSSR count). The number of aryl methyl sites for hydroxylation is 1. The summed E-state index contributed by atoms with van der Waals surface area (Å²) in [5, 5.41) is 4.37. The summed E-state index contributed by atoms with van der Waals surface area (Å²) in [7, 11) is 1.38. The summed E-state index contributed by atoms with van der Waals surface area (Å²) in [5.74, 6) is -0.332. The smallest absolute Gasteiger partial charge is 0.339 e. The molecular formula is C14H16N2O2S. The number of anilines is 1. The maximum atomic E-state index is 11.6. The molecule has 0 aliphatic rings. The first-order chi connectivity index (χ1) is 9.24. The molecule has 0 aliphatic carbocycles. The average molecular weight is 276 g/mol. The van der Waals surface area contributed by atoms with E-state index in [9.17, 15) is 4.79 Å². The van der Waals surface area contributed by atoms with Crippen molar-refractivity contribution in [3.05, 3.63) is 45.9 Å². The van der Waals surface area contributed by atoms with Crippen molar-refractivity contribution in [1.82, 2.24) is 4.98 Å². The van der Waals surface area contributed by atoms with Gasteiger partial charge in [-0.15, -0.1) is 11.3 Å². The van der Waals surface area contributed by atoms with Gasteiger partial charge in [-0.25, -0.2) is 9.78 Å². The number of para-hydroxylation sites is 1. The lowest BCUT2D eigenvalue weighted by Crippen LogP contribution is -2.07. The van der Waals surface area contributed by atoms with E-state index in [1.54, 1.807) is 17.4 Å². The van der Waals surface area contributed by atoms with Gasteiger partial charge < -0.3 is 10.1 Å². The third-order valence-electron chi connectivity index (χ3n) is 2.69. The number of carbonyl (C=O) groups excluding carboxylic acids is 1. The molecule has 4 nitrogen and oxygen atoms in total. The summed E-state index contributed by atoms with van der Waals surface area (Å²) >= 11 is 1.68. The molecule has 1 aromatic heterocycles. The highest BCUT2D eigenvalue weighted by Gasteiger charge is 2.10. The van der Waals surface area contributed by atoms with E-state index in [4.69, 9.17) is 4.74 Å². The molecule has 0 saturated heterocycles. The molecule has 1 heterocycles. The average Bonchev–Trinajstić information content (AvgIpc) is 2.92. The first-order valence-corrected chi connectivity index (χ1v) is 6.91. The monoisotopic (exact) mass is 276 g/mol. The topological polar surface area (TPSA) is 51.2 Å². The summed E-state index contributed by atoms with van der Waals surface area (Å²) in [6.45, 7) is 2.74. The van der Waals surface area contributed by atoms with E-state index >= 15 is 0 Å². The van der Waals surface area contributed by atoms with Crippen molar-refractivity contribution in [3.8, 4) is 0 Å². The molecule has 0 bridgehead atoms. The molecule has 0 fully saturated rings. The summed E-state index contributed by atoms with van der Waals surface area (Å²) in [6, 6.07) is 7.32. The van der Waals surface area contributed by atoms with E-state index in [2.05, 4.69) is 17.2 Å². The number of esters is 1. The van der Waals surface area contributed by atoms with Crippen LogP contribution < -0.4 is 5.32 Å². The zero-order valence-corrected chi connectivity index (χ0v) is 11.8. The SMILES string of the molecule is CCc1ncc(CNc2ccccc2C(=O)OC)s1. The van der Waals surface area contributed by atoms with E-state index < -0.39 is 0 Å². The predicted octanol–water partition coefficient (Wildman–Crippen LogP) is 3.10. The number of benzene rings is 1. The number of nitrogens with one attached hydrogen (secondary N) is 1. The number of carbonyl (C=O) groups is 1. The lowest BCUT2D eigenvalue weighted by atomic mass is 10.2. The van der Waals surface area contributed by atoms with Crippen LogP contribution >= 0.6 is 11.3 Å². The number of hydrogen-bond acceptors (Lipinski definition) is 5. The van der Waals surface area contributed by atoms with Gasteiger partial charge in [-0.05, 0) is 18.6 Å². The molecule has 0 atom stereocenters. The minimum Gasteiger partial charge on any atom is -0.465 e. The van der Waals surface area contributed by atoms with Crippen molar-refractivity contribution in [2.75, 3.05) is 12.4 Å². The Bertz CT molecular complexity index is 566. The fourth-order valence-corrected chi connectivity index (χ4v) is 2.50. The van der Waals surface area contributed by atoms with Gasteiger partial charge in [0, 0.05) is 16.8 Å². The van der Waals surface area contributed by atoms with Crippen LogP contribution in [0.3, 0.4) is 0 Å². The minimum atomic E-state index is -0.332. The first kappa shape index (κ1) is 13.5. The van der Waals surface area contributed by atoms with Gasteiger partial charge in [0.15, 0.2) is 0 Å². The molecule has 0 aliphatic heterocycles. The molecule has 19 heavy (non-hydrogen) atoms. The molecule has 2 aromatic rings. The Hall–Kier alpha value is -1.88. The minimum absolute atomic E-state index is 0.332. The summed E-state index contributed by atoms with van der Waals surface area (Å²) in [6.07, 6.45) is 2.82. The van der Waals surface area contributed by atoms with Crippen LogP contribution in [0.25, 0.3) is 0 Å². The van der Waals surface area contributed by atoms with E-state index in [-0.39, 0.29) is 5.97 Å². The highest BCUT2D eigenvalue weighted by Crippen LogP contribution is 2.19. The van der Waals surface area contributed by atoms with Crippen molar-refractivity contribution < 1.29 is 9.53 Å². The van der Waals surface area contributed by atoms with Crippen LogP contribution in [-0.4, -0.2) is 18.1 Å². The molecule has 0 amide bonds. The lowest BCUT2D eigenvalue weighted by molar-refractivity contribution is 0.0602. The third kappa shape index (κ3) is 3.32. The number of thiazole rings is 1. The van der Waals surface area contributed by atoms with Crippen LogP contribution in [0.15, 0.2) is 30.5 Å². The second-order valence-electron chi connectivity index (χ2n) is 3.96. The molecule has 5 heteroatoms. The first-order valence-electron chi connectivity index (χ1n) is 6.09. The van der Waals surface area contributed by atoms with Gasteiger partial charge in [-0.2, -0.15) is 0 Å². The Morgan fingerprint density at radius 1 is 1.42 bits per heavy atom. The second kappa shape index (κ2) is 6.33. The number of methoxy groups -OCH3 is 1. The highest BCUT2D eigenvalue weighted by molar-refractivity contribution is 7.11. The molecule has 0 radical (unpaired) electrons. The Balaban J connectivity index is 2.08. The van der Waals surface area contributed by atoms with Gasteiger partial charge in [0.2, 0.25) is 0 Å². The van der Waals surface area contributed by atoms with Crippen molar-refractivity contribution in [1.29, 1.82) is 0 Å². The van der Waals surface area contributed by atoms with Crippen LogP contribution in [0.4, 0.5) is 5.69 Å². The molecule has 0 saturated carbocycles. The molecule has 100 valence electrons. The summed E-state index contributed by atoms with van der Waals surface area (Å²) in [4.78, 5) is 17.1. The number of rotatable bonds is 5. The highest BCUT2D eigenvalue weighted by atomic mass is 32.1. The van der Waals surface area contributed by atoms with Crippen molar-refractivity contribution >= 4 is 23.0 Å². The standard InChI is InChI=1S/C14H16N2O2S/c1-3-13-16-9-10(19-13)8-15-12-7-5-4-6-11(12)14(17)18-2/h4-7,9,15H,3,8H2,1-2H3. The quantitative estimate of drug-likeness (QED) is 0.853. The van der Waals surface area contributed by atoms with Crippen molar-refractivity contribution in [2.24, 2.45) is 0 Å². The van der Waals surface area contributed by atoms with E-state index in [1.807, 2.05) is 24.4 Å². The maximum absolute atomic E-state index is 11.6. The van der Waals surface area contributed by atoms with Gasteiger partial charge in [0.05, 0.1) is 24.2 Å². The Morgan fingerprint density at radius 3 is 2.89 bits per heavy atom. The predicted molar refractivity (Wildman–Crippen MR) is 76.6 cm³/mol. The Labute approximate surface area is 116 Å². The fraction of sp³-hybridized carbons (Fsp3) is 0.286. The Morgan fingerprint density at radius 2 is 2.21 bits per heavy atom. The zero-order valence-electron chi connectivity index (χ0n) is 11.0. The van der Waals surface area contributed by atoms with E-state index in [0.717, 1.165) is 22.0 Å². The van der Waals surface area contributed by atoms with E-state index in [1.165, 1.54) is 7.11 Å². The van der Waals surface area contributed by atoms with Gasteiger partial charge >= 0.3 is 5.97 Å². The third-order valence-corrected chi connectivity index (χ3v) is 3.83. The van der Waals surface area contributed by atoms with Crippen molar-refractivity contribution in [3.63, 3.8) is 0 Å². The molecular weight excluding hydrogens is 260 g/mol. The fourth-order valence-electron chi connectivity index (χ4n) is 1.70. The van der Waals surface area contributed by atoms with Gasteiger partial charge in [0.1, 0.15) is 0 Å². The molecule has 1 N–H and O–H groups in total. The van der Waals surface area contributed by atoms with Crippen LogP contribution in [-0.2, 0) is 17.7 Å². The van der Waals surface area contributed by atoms with E-state index in [0.29, 0.717) is 12.1 Å². The van der Waals surface area contributed by atoms with Crippen LogP contribution in [0, 0.1) is 0 Å². The molecule has 1 aromatic carbocycles. The van der Waals surface area contributed by atoms with Crippen LogP contribution in [0.2, 0.25) is 0 Å². The second-order valence-corrected chi connectivity index (χ2v) is 5.16. The summed E-state index contributed by atoms with van der Waals surface area (Å²) < 4.78 is 4.76. The van der Waals surface area contributed by atoms with Gasteiger partial charge in [-0.1, -0.05) is 19.1 Å². The van der Waals surface area contributed by atoms with Crippen LogP contribution in [0.5, 0.6) is 0 Å². The lowest BCUT2D eigenvalue weighted by Gasteiger charge is -2.09. The largest absolute Gasteiger partial charge is 0.465 e. The van der Waals surface area contributed by atoms with Gasteiger partial charge in [0.25, 0.3) is 0 Å². The maximum Gasteiger partial charge on any atom is 0.339 e. The molecule has 0 spiro atoms. The summed E-state index contributed by atoms with van der Waals surface area (Å²) in [5.41, 5.74) is 1.33. The number of aromatic nitrogens is 1. The number of ether oxygens (including phenoxy) is 1. The van der Waals surface area contributed by atoms with Crippen molar-refractivity contribution in [2.45, 2.75) is 19.9 Å². The zero-order chi connectivity index (χ0) is 13.7. The Kier molecular flexibility index (Phi) is 4.52. The molecule has 0 unspecified atom stereocenters. The van der Waals surface area contributed by atoms with Crippen LogP contribution in [0.1, 0.15) is 27.2 Å². The normalized spacial score (nSPS) is 10.2. The van der Waals surface area contributed by atoms with Gasteiger partial charge in [-0.3, -0.25) is 0 Å². The number of hydrogen-bond donors (Lipinski definition) is 1. The number of nitrogens with zero attached hydrogens (tertiary/aromatic N) is 1.